The number of rotatable bonds is 7. The van der Waals surface area contributed by atoms with Gasteiger partial charge in [-0.2, -0.15) is 4.98 Å². The van der Waals surface area contributed by atoms with Gasteiger partial charge in [0.15, 0.2) is 5.82 Å². The van der Waals surface area contributed by atoms with Gasteiger partial charge < -0.3 is 15.4 Å². The molecule has 0 unspecified atom stereocenters. The maximum Gasteiger partial charge on any atom is 0.247 e. The molecule has 1 amide bonds. The smallest absolute Gasteiger partial charge is 0.247 e. The monoisotopic (exact) mass is 502 g/mol. The lowest BCUT2D eigenvalue weighted by Gasteiger charge is -2.26. The van der Waals surface area contributed by atoms with Gasteiger partial charge in [0.05, 0.1) is 24.9 Å². The van der Waals surface area contributed by atoms with Crippen molar-refractivity contribution >= 4 is 45.7 Å². The molecular weight excluding hydrogens is 476 g/mol. The summed E-state index contributed by atoms with van der Waals surface area (Å²) in [6.07, 6.45) is 4.82. The molecule has 4 aromatic rings. The van der Waals surface area contributed by atoms with Crippen LogP contribution in [0.2, 0.25) is 5.02 Å². The molecule has 1 saturated heterocycles. The van der Waals surface area contributed by atoms with Crippen LogP contribution in [-0.4, -0.2) is 51.6 Å². The molecule has 1 aliphatic heterocycles. The number of ether oxygens (including phenoxy) is 1. The van der Waals surface area contributed by atoms with E-state index in [-0.39, 0.29) is 5.91 Å². The van der Waals surface area contributed by atoms with E-state index in [2.05, 4.69) is 39.2 Å². The number of carbonyl (C=O) groups is 1. The van der Waals surface area contributed by atoms with Crippen LogP contribution < -0.4 is 10.6 Å². The summed E-state index contributed by atoms with van der Waals surface area (Å²) in [7, 11) is 0. The maximum absolute atomic E-state index is 11.7. The molecule has 0 saturated carbocycles. The van der Waals surface area contributed by atoms with E-state index < -0.39 is 0 Å². The number of amides is 1. The predicted molar refractivity (Wildman–Crippen MR) is 143 cm³/mol. The van der Waals surface area contributed by atoms with Crippen LogP contribution in [0, 0.1) is 6.92 Å². The lowest BCUT2D eigenvalue weighted by molar-refractivity contribution is -0.111. The number of nitrogens with one attached hydrogen (secondary N) is 2. The summed E-state index contributed by atoms with van der Waals surface area (Å²) < 4.78 is 7.36. The Kier molecular flexibility index (Phi) is 6.99. The van der Waals surface area contributed by atoms with Crippen LogP contribution in [0.1, 0.15) is 11.1 Å². The van der Waals surface area contributed by atoms with Gasteiger partial charge in [0.25, 0.3) is 0 Å². The molecule has 0 spiro atoms. The number of fused-ring (bicyclic) bond motifs is 1. The normalized spacial score (nSPS) is 14.1. The van der Waals surface area contributed by atoms with Crippen LogP contribution in [0.15, 0.2) is 67.5 Å². The van der Waals surface area contributed by atoms with Gasteiger partial charge in [-0.15, -0.1) is 0 Å². The lowest BCUT2D eigenvalue weighted by atomic mass is 10.2. The molecule has 0 radical (unpaired) electrons. The van der Waals surface area contributed by atoms with E-state index in [0.717, 1.165) is 55.0 Å². The molecule has 8 nitrogen and oxygen atoms in total. The van der Waals surface area contributed by atoms with Crippen LogP contribution >= 0.6 is 11.6 Å². The Morgan fingerprint density at radius 1 is 1.17 bits per heavy atom. The van der Waals surface area contributed by atoms with Gasteiger partial charge in [-0.05, 0) is 54.5 Å². The Bertz CT molecular complexity index is 1410. The number of hydrogen-bond donors (Lipinski definition) is 2. The zero-order chi connectivity index (χ0) is 25.1. The van der Waals surface area contributed by atoms with Crippen molar-refractivity contribution in [1.82, 2.24) is 19.4 Å². The van der Waals surface area contributed by atoms with E-state index in [0.29, 0.717) is 22.5 Å². The molecule has 0 atom stereocenters. The van der Waals surface area contributed by atoms with Crippen molar-refractivity contribution in [2.75, 3.05) is 36.9 Å². The van der Waals surface area contributed by atoms with Crippen molar-refractivity contribution in [2.24, 2.45) is 0 Å². The van der Waals surface area contributed by atoms with Crippen molar-refractivity contribution in [1.29, 1.82) is 0 Å². The molecule has 184 valence electrons. The topological polar surface area (TPSA) is 84.3 Å². The van der Waals surface area contributed by atoms with E-state index in [1.165, 1.54) is 11.6 Å². The summed E-state index contributed by atoms with van der Waals surface area (Å²) in [5, 5.41) is 7.49. The number of anilines is 3. The van der Waals surface area contributed by atoms with Crippen molar-refractivity contribution in [3.8, 4) is 5.82 Å². The molecule has 5 rings (SSSR count). The second-order valence-corrected chi connectivity index (χ2v) is 9.09. The fourth-order valence-corrected chi connectivity index (χ4v) is 4.45. The Hall–Kier alpha value is -3.72. The molecule has 1 fully saturated rings. The first kappa shape index (κ1) is 24.0. The molecule has 2 N–H and O–H groups in total. The third kappa shape index (κ3) is 5.26. The number of morpholine rings is 1. The quantitative estimate of drug-likeness (QED) is 0.343. The van der Waals surface area contributed by atoms with Gasteiger partial charge >= 0.3 is 0 Å². The summed E-state index contributed by atoms with van der Waals surface area (Å²) in [5.74, 6) is 0.763. The van der Waals surface area contributed by atoms with Crippen LogP contribution in [0.4, 0.5) is 17.3 Å². The minimum Gasteiger partial charge on any atom is -0.379 e. The number of aryl methyl sites for hydroxylation is 1. The number of benzene rings is 2. The average molecular weight is 503 g/mol. The van der Waals surface area contributed by atoms with Gasteiger partial charge in [0.1, 0.15) is 5.02 Å². The SMILES string of the molecule is C=CC(=O)Nc1ccc2c(c1)c(C)cn2-c1nc(Nc2ccc(CN3CCOCC3)cc2)ncc1Cl. The van der Waals surface area contributed by atoms with Crippen LogP contribution in [-0.2, 0) is 16.1 Å². The van der Waals surface area contributed by atoms with Crippen molar-refractivity contribution in [3.05, 3.63) is 83.7 Å². The third-order valence-electron chi connectivity index (χ3n) is 6.13. The van der Waals surface area contributed by atoms with Crippen molar-refractivity contribution < 1.29 is 9.53 Å². The highest BCUT2D eigenvalue weighted by Gasteiger charge is 2.14. The Balaban J connectivity index is 1.37. The highest BCUT2D eigenvalue weighted by Crippen LogP contribution is 2.30. The predicted octanol–water partition coefficient (Wildman–Crippen LogP) is 5.08. The standard InChI is InChI=1S/C27H27ClN6O2/c1-3-25(35)30-21-8-9-24-22(14-21)18(2)16-34(24)26-23(28)15-29-27(32-26)31-20-6-4-19(5-7-20)17-33-10-12-36-13-11-33/h3-9,14-16H,1,10-13,17H2,2H3,(H,30,35)(H,29,31,32). The van der Waals surface area contributed by atoms with Gasteiger partial charge in [-0.25, -0.2) is 4.98 Å². The number of nitrogens with zero attached hydrogens (tertiary/aromatic N) is 4. The van der Waals surface area contributed by atoms with Crippen molar-refractivity contribution in [3.63, 3.8) is 0 Å². The number of aromatic nitrogens is 3. The van der Waals surface area contributed by atoms with E-state index in [9.17, 15) is 4.79 Å². The largest absolute Gasteiger partial charge is 0.379 e. The molecule has 9 heteroatoms. The first-order valence-electron chi connectivity index (χ1n) is 11.7. The molecule has 0 bridgehead atoms. The highest BCUT2D eigenvalue weighted by molar-refractivity contribution is 6.32. The van der Waals surface area contributed by atoms with Crippen LogP contribution in [0.25, 0.3) is 16.7 Å². The number of hydrogen-bond acceptors (Lipinski definition) is 6. The van der Waals surface area contributed by atoms with E-state index in [1.54, 1.807) is 6.20 Å². The molecule has 36 heavy (non-hydrogen) atoms. The first-order valence-corrected chi connectivity index (χ1v) is 12.1. The second kappa shape index (κ2) is 10.5. The van der Waals surface area contributed by atoms with Gasteiger partial charge in [-0.3, -0.25) is 14.3 Å². The molecule has 3 heterocycles. The lowest BCUT2D eigenvalue weighted by Crippen LogP contribution is -2.35. The Labute approximate surface area is 214 Å². The Morgan fingerprint density at radius 2 is 1.92 bits per heavy atom. The molecule has 2 aromatic heterocycles. The zero-order valence-electron chi connectivity index (χ0n) is 20.0. The van der Waals surface area contributed by atoms with Gasteiger partial charge in [0.2, 0.25) is 11.9 Å². The van der Waals surface area contributed by atoms with E-state index in [4.69, 9.17) is 21.3 Å². The summed E-state index contributed by atoms with van der Waals surface area (Å²) in [6, 6.07) is 14.0. The van der Waals surface area contributed by atoms with Gasteiger partial charge in [0, 0.05) is 42.6 Å². The second-order valence-electron chi connectivity index (χ2n) is 8.68. The summed E-state index contributed by atoms with van der Waals surface area (Å²) >= 11 is 6.52. The zero-order valence-corrected chi connectivity index (χ0v) is 20.8. The van der Waals surface area contributed by atoms with Crippen molar-refractivity contribution in [2.45, 2.75) is 13.5 Å². The fraction of sp³-hybridized carbons (Fsp3) is 0.222. The summed E-state index contributed by atoms with van der Waals surface area (Å²) in [4.78, 5) is 23.2. The maximum atomic E-state index is 11.7. The van der Waals surface area contributed by atoms with Crippen LogP contribution in [0.5, 0.6) is 0 Å². The minimum absolute atomic E-state index is 0.255. The molecule has 0 aliphatic carbocycles. The summed E-state index contributed by atoms with van der Waals surface area (Å²) in [6.45, 7) is 9.91. The molecule has 2 aromatic carbocycles. The Morgan fingerprint density at radius 3 is 2.67 bits per heavy atom. The van der Waals surface area contributed by atoms with E-state index >= 15 is 0 Å². The van der Waals surface area contributed by atoms with E-state index in [1.807, 2.05) is 48.0 Å². The molecular formula is C27H27ClN6O2. The average Bonchev–Trinajstić information content (AvgIpc) is 3.22. The van der Waals surface area contributed by atoms with Crippen LogP contribution in [0.3, 0.4) is 0 Å². The first-order chi connectivity index (χ1) is 17.5. The van der Waals surface area contributed by atoms with Gasteiger partial charge in [-0.1, -0.05) is 30.3 Å². The summed E-state index contributed by atoms with van der Waals surface area (Å²) in [5.41, 5.74) is 4.78. The molecule has 1 aliphatic rings. The number of carbonyl (C=O) groups excluding carboxylic acids is 1. The fourth-order valence-electron chi connectivity index (χ4n) is 4.27. The minimum atomic E-state index is -0.255. The number of halogens is 1. The third-order valence-corrected chi connectivity index (χ3v) is 6.40. The highest BCUT2D eigenvalue weighted by atomic mass is 35.5.